The molecule has 0 fully saturated rings. The Morgan fingerprint density at radius 3 is 1.59 bits per heavy atom. The smallest absolute Gasteiger partial charge is 0.144 e. The zero-order valence-corrected chi connectivity index (χ0v) is 10.6. The number of hydrazine groups is 1. The largest absolute Gasteiger partial charge is 0.308 e. The number of hydrogen-bond acceptors (Lipinski definition) is 6. The number of rotatable bonds is 1. The van der Waals surface area contributed by atoms with E-state index in [1.54, 1.807) is 0 Å². The number of nitrogens with zero attached hydrogens (tertiary/aromatic N) is 4. The minimum Gasteiger partial charge on any atom is -0.308 e. The lowest BCUT2D eigenvalue weighted by molar-refractivity contribution is 1.14. The zero-order chi connectivity index (χ0) is 12.7. The Morgan fingerprint density at radius 1 is 0.824 bits per heavy atom. The summed E-state index contributed by atoms with van der Waals surface area (Å²) in [4.78, 5) is 14.6. The number of nitrogens with two attached hydrogens (primary N) is 1. The van der Waals surface area contributed by atoms with Crippen molar-refractivity contribution in [3.05, 3.63) is 40.2 Å². The maximum absolute atomic E-state index is 5.48. The highest BCUT2D eigenvalue weighted by atomic mass is 35.5. The second-order valence-electron chi connectivity index (χ2n) is 2.53. The molecule has 17 heavy (non-hydrogen) atoms. The van der Waals surface area contributed by atoms with E-state index in [4.69, 9.17) is 40.6 Å². The van der Waals surface area contributed by atoms with E-state index in [9.17, 15) is 0 Å². The van der Waals surface area contributed by atoms with Crippen LogP contribution in [0.4, 0.5) is 5.82 Å². The van der Waals surface area contributed by atoms with Crippen molar-refractivity contribution in [2.45, 2.75) is 0 Å². The van der Waals surface area contributed by atoms with Crippen LogP contribution in [-0.2, 0) is 0 Å². The molecule has 0 aliphatic heterocycles. The van der Waals surface area contributed by atoms with Crippen molar-refractivity contribution in [1.82, 2.24) is 19.9 Å². The van der Waals surface area contributed by atoms with Crippen LogP contribution in [0.2, 0.25) is 15.5 Å². The molecule has 0 bridgehead atoms. The average molecular weight is 294 g/mol. The van der Waals surface area contributed by atoms with Crippen LogP contribution in [0.5, 0.6) is 0 Å². The van der Waals surface area contributed by atoms with Crippen molar-refractivity contribution in [1.29, 1.82) is 0 Å². The molecule has 2 heterocycles. The Balaban J connectivity index is 0.000000171. The molecule has 2 aromatic heterocycles. The van der Waals surface area contributed by atoms with Crippen molar-refractivity contribution in [2.24, 2.45) is 5.84 Å². The molecule has 0 aliphatic rings. The summed E-state index contributed by atoms with van der Waals surface area (Å²) >= 11 is 16.3. The van der Waals surface area contributed by atoms with Crippen LogP contribution in [0.15, 0.2) is 24.8 Å². The fourth-order valence-electron chi connectivity index (χ4n) is 0.725. The number of aromatic nitrogens is 4. The van der Waals surface area contributed by atoms with Gasteiger partial charge in [0.2, 0.25) is 0 Å². The van der Waals surface area contributed by atoms with Gasteiger partial charge in [-0.25, -0.2) is 25.8 Å². The Hall–Kier alpha value is -1.21. The molecule has 9 heteroatoms. The van der Waals surface area contributed by atoms with Gasteiger partial charge in [0.15, 0.2) is 0 Å². The van der Waals surface area contributed by atoms with Gasteiger partial charge in [-0.3, -0.25) is 0 Å². The van der Waals surface area contributed by atoms with Gasteiger partial charge in [0.25, 0.3) is 0 Å². The monoisotopic (exact) mass is 292 g/mol. The predicted octanol–water partition coefficient (Wildman–Crippen LogP) is 2.20. The zero-order valence-electron chi connectivity index (χ0n) is 8.31. The lowest BCUT2D eigenvalue weighted by atomic mass is 10.6. The summed E-state index contributed by atoms with van der Waals surface area (Å²) < 4.78 is 0. The van der Waals surface area contributed by atoms with E-state index in [0.29, 0.717) is 21.3 Å². The van der Waals surface area contributed by atoms with Crippen LogP contribution in [-0.4, -0.2) is 19.9 Å². The van der Waals surface area contributed by atoms with Crippen molar-refractivity contribution in [2.75, 3.05) is 5.43 Å². The second-order valence-corrected chi connectivity index (χ2v) is 3.70. The van der Waals surface area contributed by atoms with Gasteiger partial charge >= 0.3 is 0 Å². The highest BCUT2D eigenvalue weighted by Gasteiger charge is 1.90. The summed E-state index contributed by atoms with van der Waals surface area (Å²) in [5.41, 5.74) is 2.33. The summed E-state index contributed by atoms with van der Waals surface area (Å²) in [5.74, 6) is 5.53. The van der Waals surface area contributed by atoms with E-state index < -0.39 is 0 Å². The maximum Gasteiger partial charge on any atom is 0.144 e. The summed E-state index contributed by atoms with van der Waals surface area (Å²) in [6.45, 7) is 0. The molecule has 0 saturated carbocycles. The standard InChI is InChI=1S/C4H2Cl2N2.C4H5ClN4/c5-3-1-4(6)8-2-7-3;5-3-1-4(9-6)8-2-7-3/h1-2H;1-2H,6H2,(H,7,8,9). The quantitative estimate of drug-likeness (QED) is 0.476. The van der Waals surface area contributed by atoms with Crippen LogP contribution in [0, 0.1) is 0 Å². The summed E-state index contributed by atoms with van der Waals surface area (Å²) in [6.07, 6.45) is 2.64. The number of hydrogen-bond donors (Lipinski definition) is 2. The third-order valence-corrected chi connectivity index (χ3v) is 2.00. The van der Waals surface area contributed by atoms with E-state index in [0.717, 1.165) is 0 Å². The molecule has 90 valence electrons. The lowest BCUT2D eigenvalue weighted by Crippen LogP contribution is -2.08. The molecule has 2 rings (SSSR count). The molecule has 0 aliphatic carbocycles. The molecule has 0 radical (unpaired) electrons. The van der Waals surface area contributed by atoms with Gasteiger partial charge in [0, 0.05) is 12.1 Å². The van der Waals surface area contributed by atoms with Crippen LogP contribution in [0.1, 0.15) is 0 Å². The van der Waals surface area contributed by atoms with Gasteiger partial charge in [0.1, 0.15) is 33.9 Å². The van der Waals surface area contributed by atoms with Crippen molar-refractivity contribution in [3.8, 4) is 0 Å². The molecule has 0 spiro atoms. The van der Waals surface area contributed by atoms with E-state index in [1.165, 1.54) is 24.8 Å². The SMILES string of the molecule is Clc1cc(Cl)ncn1.NNc1cc(Cl)ncn1. The Kier molecular flexibility index (Phi) is 5.85. The maximum atomic E-state index is 5.48. The fourth-order valence-corrected chi connectivity index (χ4v) is 1.22. The third-order valence-electron chi connectivity index (χ3n) is 1.38. The second kappa shape index (κ2) is 7.18. The normalized spacial score (nSPS) is 9.18. The molecular formula is C8H7Cl3N6. The molecule has 0 atom stereocenters. The fraction of sp³-hybridized carbons (Fsp3) is 0. The first-order valence-corrected chi connectivity index (χ1v) is 5.32. The summed E-state index contributed by atoms with van der Waals surface area (Å²) in [7, 11) is 0. The van der Waals surface area contributed by atoms with Gasteiger partial charge in [0.05, 0.1) is 0 Å². The minimum absolute atomic E-state index is 0.366. The highest BCUT2D eigenvalue weighted by molar-refractivity contribution is 6.33. The van der Waals surface area contributed by atoms with Crippen molar-refractivity contribution >= 4 is 40.6 Å². The lowest BCUT2D eigenvalue weighted by Gasteiger charge is -1.94. The molecular weight excluding hydrogens is 286 g/mol. The Bertz CT molecular complexity index is 463. The topological polar surface area (TPSA) is 89.6 Å². The summed E-state index contributed by atoms with van der Waals surface area (Å²) in [6, 6.07) is 3.00. The Labute approximate surface area is 112 Å². The predicted molar refractivity (Wildman–Crippen MR) is 66.9 cm³/mol. The average Bonchev–Trinajstić information content (AvgIpc) is 2.29. The first-order chi connectivity index (χ1) is 8.11. The van der Waals surface area contributed by atoms with Crippen molar-refractivity contribution in [3.63, 3.8) is 0 Å². The third kappa shape index (κ3) is 5.60. The number of anilines is 1. The van der Waals surface area contributed by atoms with Gasteiger partial charge < -0.3 is 5.43 Å². The van der Waals surface area contributed by atoms with Gasteiger partial charge in [-0.2, -0.15) is 0 Å². The van der Waals surface area contributed by atoms with Gasteiger partial charge in [-0.05, 0) is 0 Å². The molecule has 2 aromatic rings. The van der Waals surface area contributed by atoms with Gasteiger partial charge in [-0.1, -0.05) is 34.8 Å². The van der Waals surface area contributed by atoms with Gasteiger partial charge in [-0.15, -0.1) is 0 Å². The first kappa shape index (κ1) is 13.9. The van der Waals surface area contributed by atoms with E-state index in [1.807, 2.05) is 0 Å². The number of halogens is 3. The Morgan fingerprint density at radius 2 is 1.29 bits per heavy atom. The molecule has 0 aromatic carbocycles. The molecule has 3 N–H and O–H groups in total. The van der Waals surface area contributed by atoms with Crippen LogP contribution < -0.4 is 11.3 Å². The van der Waals surface area contributed by atoms with E-state index >= 15 is 0 Å². The number of nitrogens with one attached hydrogen (secondary N) is 1. The van der Waals surface area contributed by atoms with E-state index in [-0.39, 0.29) is 0 Å². The molecule has 6 nitrogen and oxygen atoms in total. The molecule has 0 unspecified atom stereocenters. The van der Waals surface area contributed by atoms with Crippen LogP contribution >= 0.6 is 34.8 Å². The summed E-state index contributed by atoms with van der Waals surface area (Å²) in [5, 5.41) is 1.10. The molecule has 0 amide bonds. The first-order valence-electron chi connectivity index (χ1n) is 4.19. The highest BCUT2D eigenvalue weighted by Crippen LogP contribution is 2.07. The van der Waals surface area contributed by atoms with Crippen molar-refractivity contribution < 1.29 is 0 Å². The van der Waals surface area contributed by atoms with E-state index in [2.05, 4.69) is 25.4 Å². The number of nitrogen functional groups attached to an aromatic ring is 1. The van der Waals surface area contributed by atoms with Crippen LogP contribution in [0.25, 0.3) is 0 Å². The minimum atomic E-state index is 0.366. The molecule has 0 saturated heterocycles. The van der Waals surface area contributed by atoms with Crippen LogP contribution in [0.3, 0.4) is 0 Å².